The molecule has 116 valence electrons. The molecular weight excluding hydrogens is 293 g/mol. The lowest BCUT2D eigenvalue weighted by Gasteiger charge is -2.18. The van der Waals surface area contributed by atoms with Crippen molar-refractivity contribution >= 4 is 5.69 Å². The molecule has 1 aromatic carbocycles. The third kappa shape index (κ3) is 3.32. The summed E-state index contributed by atoms with van der Waals surface area (Å²) in [4.78, 5) is 5.65. The van der Waals surface area contributed by atoms with Crippen molar-refractivity contribution in [1.82, 2.24) is 4.98 Å². The molecule has 6 heteroatoms. The van der Waals surface area contributed by atoms with E-state index >= 15 is 0 Å². The number of pyridine rings is 1. The molecule has 3 nitrogen and oxygen atoms in total. The summed E-state index contributed by atoms with van der Waals surface area (Å²) in [6.07, 6.45) is -0.999. The van der Waals surface area contributed by atoms with Gasteiger partial charge in [-0.15, -0.1) is 0 Å². The summed E-state index contributed by atoms with van der Waals surface area (Å²) < 4.78 is 43.0. The predicted molar refractivity (Wildman–Crippen MR) is 77.2 cm³/mol. The Balaban J connectivity index is 1.74. The highest BCUT2D eigenvalue weighted by molar-refractivity contribution is 5.52. The van der Waals surface area contributed by atoms with Gasteiger partial charge in [-0.25, -0.2) is 4.98 Å². The van der Waals surface area contributed by atoms with Crippen LogP contribution in [0.3, 0.4) is 0 Å². The minimum absolute atomic E-state index is 0.284. The van der Waals surface area contributed by atoms with E-state index in [0.717, 1.165) is 31.0 Å². The highest BCUT2D eigenvalue weighted by Gasteiger charge is 2.32. The van der Waals surface area contributed by atoms with Crippen LogP contribution in [0.5, 0.6) is 11.5 Å². The number of nitrogens with zero attached hydrogens (tertiary/aromatic N) is 2. The van der Waals surface area contributed by atoms with Gasteiger partial charge in [-0.05, 0) is 37.1 Å². The van der Waals surface area contributed by atoms with E-state index in [1.165, 1.54) is 18.9 Å². The Bertz CT molecular complexity index is 635. The van der Waals surface area contributed by atoms with Gasteiger partial charge in [0.05, 0.1) is 6.20 Å². The van der Waals surface area contributed by atoms with E-state index in [1.807, 2.05) is 18.2 Å². The zero-order valence-corrected chi connectivity index (χ0v) is 11.8. The number of aromatic nitrogens is 1. The minimum atomic E-state index is -4.44. The Kier molecular flexibility index (Phi) is 3.92. The Morgan fingerprint density at radius 1 is 1.00 bits per heavy atom. The van der Waals surface area contributed by atoms with Gasteiger partial charge in [0.1, 0.15) is 17.2 Å². The smallest absolute Gasteiger partial charge is 0.433 e. The number of alkyl halides is 3. The van der Waals surface area contributed by atoms with Crippen molar-refractivity contribution in [3.63, 3.8) is 0 Å². The summed E-state index contributed by atoms with van der Waals surface area (Å²) in [6, 6.07) is 9.74. The zero-order chi connectivity index (χ0) is 15.6. The lowest BCUT2D eigenvalue weighted by molar-refractivity contribution is -0.141. The second-order valence-corrected chi connectivity index (χ2v) is 5.17. The van der Waals surface area contributed by atoms with E-state index in [1.54, 1.807) is 6.07 Å². The maximum absolute atomic E-state index is 12.5. The fraction of sp³-hybridized carbons (Fsp3) is 0.312. The standard InChI is InChI=1S/C16H15F3N2O/c17-16(18,19)15-7-6-14(11-20-15)22-13-5-3-4-12(10-13)21-8-1-2-9-21/h3-7,10-11H,1-2,8-9H2. The Labute approximate surface area is 126 Å². The van der Waals surface area contributed by atoms with Gasteiger partial charge >= 0.3 is 6.18 Å². The van der Waals surface area contributed by atoms with Crippen molar-refractivity contribution in [3.8, 4) is 11.5 Å². The van der Waals surface area contributed by atoms with Crippen molar-refractivity contribution in [2.45, 2.75) is 19.0 Å². The summed E-state index contributed by atoms with van der Waals surface area (Å²) in [7, 11) is 0. The molecule has 2 heterocycles. The zero-order valence-electron chi connectivity index (χ0n) is 11.8. The van der Waals surface area contributed by atoms with Crippen LogP contribution in [0.4, 0.5) is 18.9 Å². The van der Waals surface area contributed by atoms with E-state index in [0.29, 0.717) is 5.75 Å². The van der Waals surface area contributed by atoms with Gasteiger partial charge < -0.3 is 9.64 Å². The number of anilines is 1. The number of ether oxygens (including phenoxy) is 1. The quantitative estimate of drug-likeness (QED) is 0.835. The molecule has 0 spiro atoms. The number of hydrogen-bond donors (Lipinski definition) is 0. The predicted octanol–water partition coefficient (Wildman–Crippen LogP) is 4.49. The Morgan fingerprint density at radius 3 is 2.41 bits per heavy atom. The second kappa shape index (κ2) is 5.87. The van der Waals surface area contributed by atoms with Gasteiger partial charge in [0.25, 0.3) is 0 Å². The molecule has 22 heavy (non-hydrogen) atoms. The molecule has 0 bridgehead atoms. The second-order valence-electron chi connectivity index (χ2n) is 5.17. The fourth-order valence-corrected chi connectivity index (χ4v) is 2.46. The van der Waals surface area contributed by atoms with Crippen LogP contribution in [-0.4, -0.2) is 18.1 Å². The molecule has 0 unspecified atom stereocenters. The Morgan fingerprint density at radius 2 is 1.77 bits per heavy atom. The largest absolute Gasteiger partial charge is 0.456 e. The van der Waals surface area contributed by atoms with Crippen LogP contribution in [0.15, 0.2) is 42.6 Å². The van der Waals surface area contributed by atoms with E-state index < -0.39 is 11.9 Å². The first-order valence-corrected chi connectivity index (χ1v) is 7.08. The Hall–Kier alpha value is -2.24. The third-order valence-electron chi connectivity index (χ3n) is 3.55. The molecule has 0 aliphatic carbocycles. The van der Waals surface area contributed by atoms with E-state index in [2.05, 4.69) is 9.88 Å². The van der Waals surface area contributed by atoms with Crippen LogP contribution in [0.25, 0.3) is 0 Å². The molecule has 1 fully saturated rings. The first-order chi connectivity index (χ1) is 10.5. The number of benzene rings is 1. The molecular formula is C16H15F3N2O. The third-order valence-corrected chi connectivity index (χ3v) is 3.55. The maximum atomic E-state index is 12.5. The normalized spacial score (nSPS) is 15.1. The fourth-order valence-electron chi connectivity index (χ4n) is 2.46. The lowest BCUT2D eigenvalue weighted by Crippen LogP contribution is -2.17. The molecule has 1 saturated heterocycles. The minimum Gasteiger partial charge on any atom is -0.456 e. The van der Waals surface area contributed by atoms with Crippen molar-refractivity contribution in [2.24, 2.45) is 0 Å². The summed E-state index contributed by atoms with van der Waals surface area (Å²) in [5, 5.41) is 0. The molecule has 0 amide bonds. The van der Waals surface area contributed by atoms with Crippen molar-refractivity contribution in [3.05, 3.63) is 48.3 Å². The van der Waals surface area contributed by atoms with Crippen LogP contribution >= 0.6 is 0 Å². The van der Waals surface area contributed by atoms with Crippen molar-refractivity contribution in [1.29, 1.82) is 0 Å². The molecule has 1 aliphatic heterocycles. The van der Waals surface area contributed by atoms with Gasteiger partial charge in [-0.1, -0.05) is 6.07 Å². The van der Waals surface area contributed by atoms with Crippen LogP contribution in [0.1, 0.15) is 18.5 Å². The summed E-state index contributed by atoms with van der Waals surface area (Å²) in [5.41, 5.74) is 0.139. The molecule has 0 saturated carbocycles. The van der Waals surface area contributed by atoms with Crippen molar-refractivity contribution < 1.29 is 17.9 Å². The summed E-state index contributed by atoms with van der Waals surface area (Å²) >= 11 is 0. The topological polar surface area (TPSA) is 25.4 Å². The van der Waals surface area contributed by atoms with Crippen LogP contribution in [-0.2, 0) is 6.18 Å². The maximum Gasteiger partial charge on any atom is 0.433 e. The molecule has 2 aromatic rings. The van der Waals surface area contributed by atoms with Gasteiger partial charge in [0.2, 0.25) is 0 Å². The molecule has 1 aliphatic rings. The number of rotatable bonds is 3. The van der Waals surface area contributed by atoms with Crippen LogP contribution in [0, 0.1) is 0 Å². The SMILES string of the molecule is FC(F)(F)c1ccc(Oc2cccc(N3CCCC3)c2)cn1. The highest BCUT2D eigenvalue weighted by atomic mass is 19.4. The molecule has 0 atom stereocenters. The van der Waals surface area contributed by atoms with Gasteiger partial charge in [-0.3, -0.25) is 0 Å². The summed E-state index contributed by atoms with van der Waals surface area (Å²) in [5.74, 6) is 0.873. The molecule has 1 aromatic heterocycles. The van der Waals surface area contributed by atoms with E-state index in [4.69, 9.17) is 4.74 Å². The molecule has 0 radical (unpaired) electrons. The first kappa shape index (κ1) is 14.7. The molecule has 0 N–H and O–H groups in total. The van der Waals surface area contributed by atoms with E-state index in [-0.39, 0.29) is 5.75 Å². The summed E-state index contributed by atoms with van der Waals surface area (Å²) in [6.45, 7) is 2.04. The molecule has 3 rings (SSSR count). The lowest BCUT2D eigenvalue weighted by atomic mass is 10.2. The van der Waals surface area contributed by atoms with E-state index in [9.17, 15) is 13.2 Å². The first-order valence-electron chi connectivity index (χ1n) is 7.08. The van der Waals surface area contributed by atoms with Crippen LogP contribution in [0.2, 0.25) is 0 Å². The monoisotopic (exact) mass is 308 g/mol. The number of hydrogen-bond acceptors (Lipinski definition) is 3. The average Bonchev–Trinajstić information content (AvgIpc) is 3.01. The highest BCUT2D eigenvalue weighted by Crippen LogP contribution is 2.30. The van der Waals surface area contributed by atoms with Crippen molar-refractivity contribution in [2.75, 3.05) is 18.0 Å². The van der Waals surface area contributed by atoms with Gasteiger partial charge in [-0.2, -0.15) is 13.2 Å². The van der Waals surface area contributed by atoms with Gasteiger partial charge in [0.15, 0.2) is 0 Å². The van der Waals surface area contributed by atoms with Gasteiger partial charge in [0, 0.05) is 24.8 Å². The van der Waals surface area contributed by atoms with Crippen LogP contribution < -0.4 is 9.64 Å². The average molecular weight is 308 g/mol. The number of halogens is 3.